The largest absolute Gasteiger partial charge is 0.497 e. The van der Waals surface area contributed by atoms with E-state index in [0.29, 0.717) is 11.4 Å². The minimum absolute atomic E-state index is 0.159. The maximum absolute atomic E-state index is 12.8. The van der Waals surface area contributed by atoms with Gasteiger partial charge in [0.05, 0.1) is 12.8 Å². The molecule has 0 radical (unpaired) electrons. The Hall–Kier alpha value is -2.20. The van der Waals surface area contributed by atoms with Crippen LogP contribution in [0.3, 0.4) is 0 Å². The molecule has 0 aliphatic carbocycles. The molecule has 0 fully saturated rings. The molecule has 1 aromatic heterocycles. The first-order valence-corrected chi connectivity index (χ1v) is 9.48. The van der Waals surface area contributed by atoms with Crippen LogP contribution >= 0.6 is 11.3 Å². The zero-order valence-electron chi connectivity index (χ0n) is 13.5. The molecule has 1 heterocycles. The summed E-state index contributed by atoms with van der Waals surface area (Å²) in [6.07, 6.45) is 0.272. The van der Waals surface area contributed by atoms with Gasteiger partial charge in [-0.3, -0.25) is 9.10 Å². The van der Waals surface area contributed by atoms with Gasteiger partial charge in [0.15, 0.2) is 0 Å². The SMILES string of the molecule is CCC(=O)Nc1nnc(S(=O)(=O)N(CC)c2ccc(OC)cc2)s1. The third-order valence-corrected chi connectivity index (χ3v) is 6.22. The Balaban J connectivity index is 2.30. The molecule has 2 rings (SSSR count). The van der Waals surface area contributed by atoms with Gasteiger partial charge >= 0.3 is 0 Å². The summed E-state index contributed by atoms with van der Waals surface area (Å²) >= 11 is 0.821. The second-order valence-electron chi connectivity index (χ2n) is 4.64. The van der Waals surface area contributed by atoms with Crippen LogP contribution in [0.4, 0.5) is 10.8 Å². The minimum atomic E-state index is -3.86. The van der Waals surface area contributed by atoms with Crippen molar-refractivity contribution < 1.29 is 17.9 Å². The second kappa shape index (κ2) is 7.58. The molecule has 0 spiro atoms. The molecule has 1 aromatic carbocycles. The number of anilines is 2. The van der Waals surface area contributed by atoms with E-state index in [1.807, 2.05) is 0 Å². The molecule has 0 saturated carbocycles. The highest BCUT2D eigenvalue weighted by molar-refractivity contribution is 7.94. The molecule has 8 nitrogen and oxygen atoms in total. The lowest BCUT2D eigenvalue weighted by Crippen LogP contribution is -2.30. The van der Waals surface area contributed by atoms with Gasteiger partial charge in [0.1, 0.15) is 5.75 Å². The van der Waals surface area contributed by atoms with Crippen LogP contribution in [0.15, 0.2) is 28.6 Å². The van der Waals surface area contributed by atoms with Gasteiger partial charge in [-0.05, 0) is 31.2 Å². The zero-order chi connectivity index (χ0) is 17.7. The van der Waals surface area contributed by atoms with Crippen LogP contribution in [-0.2, 0) is 14.8 Å². The average molecular weight is 370 g/mol. The summed E-state index contributed by atoms with van der Waals surface area (Å²) in [6, 6.07) is 6.67. The number of methoxy groups -OCH3 is 1. The molecule has 0 aliphatic heterocycles. The molecule has 130 valence electrons. The van der Waals surface area contributed by atoms with Crippen molar-refractivity contribution in [1.82, 2.24) is 10.2 Å². The third-order valence-electron chi connectivity index (χ3n) is 3.13. The zero-order valence-corrected chi connectivity index (χ0v) is 15.1. The molecule has 0 atom stereocenters. The number of carbonyl (C=O) groups excluding carboxylic acids is 1. The standard InChI is InChI=1S/C14H18N4O4S2/c1-4-12(19)15-13-16-17-14(23-13)24(20,21)18(5-2)10-6-8-11(22-3)9-7-10/h6-9H,4-5H2,1-3H3,(H,15,16,19). The number of ether oxygens (including phenoxy) is 1. The lowest BCUT2D eigenvalue weighted by Gasteiger charge is -2.21. The average Bonchev–Trinajstić information content (AvgIpc) is 3.05. The van der Waals surface area contributed by atoms with Crippen LogP contribution in [0.5, 0.6) is 5.75 Å². The van der Waals surface area contributed by atoms with E-state index in [1.165, 1.54) is 11.4 Å². The number of hydrogen-bond donors (Lipinski definition) is 1. The van der Waals surface area contributed by atoms with Crippen molar-refractivity contribution in [2.45, 2.75) is 24.6 Å². The van der Waals surface area contributed by atoms with Crippen LogP contribution in [-0.4, -0.2) is 38.2 Å². The normalized spacial score (nSPS) is 11.1. The van der Waals surface area contributed by atoms with Crippen LogP contribution in [0.1, 0.15) is 20.3 Å². The molecule has 0 bridgehead atoms. The van der Waals surface area contributed by atoms with E-state index in [4.69, 9.17) is 4.74 Å². The van der Waals surface area contributed by atoms with Crippen molar-refractivity contribution in [1.29, 1.82) is 0 Å². The Bertz CT molecular complexity index is 802. The third kappa shape index (κ3) is 3.82. The van der Waals surface area contributed by atoms with Gasteiger partial charge < -0.3 is 10.1 Å². The number of rotatable bonds is 7. The summed E-state index contributed by atoms with van der Waals surface area (Å²) in [5.41, 5.74) is 0.493. The molecule has 0 saturated heterocycles. The Morgan fingerprint density at radius 2 is 1.92 bits per heavy atom. The first-order valence-electron chi connectivity index (χ1n) is 7.22. The maximum Gasteiger partial charge on any atom is 0.293 e. The summed E-state index contributed by atoms with van der Waals surface area (Å²) in [6.45, 7) is 3.64. The fraction of sp³-hybridized carbons (Fsp3) is 0.357. The number of nitrogens with zero attached hydrogens (tertiary/aromatic N) is 3. The van der Waals surface area contributed by atoms with Gasteiger partial charge in [0, 0.05) is 13.0 Å². The summed E-state index contributed by atoms with van der Waals surface area (Å²) in [5, 5.41) is 10.1. The molecule has 0 aliphatic rings. The van der Waals surface area contributed by atoms with Crippen LogP contribution in [0, 0.1) is 0 Å². The first kappa shape index (κ1) is 18.1. The number of benzene rings is 1. The number of nitrogens with one attached hydrogen (secondary N) is 1. The van der Waals surface area contributed by atoms with Crippen LogP contribution in [0.25, 0.3) is 0 Å². The Kier molecular flexibility index (Phi) is 5.73. The van der Waals surface area contributed by atoms with Crippen molar-refractivity contribution in [3.63, 3.8) is 0 Å². The lowest BCUT2D eigenvalue weighted by molar-refractivity contribution is -0.115. The Morgan fingerprint density at radius 1 is 1.25 bits per heavy atom. The van der Waals surface area contributed by atoms with E-state index in [-0.39, 0.29) is 28.3 Å². The summed E-state index contributed by atoms with van der Waals surface area (Å²) in [7, 11) is -2.32. The molecule has 10 heteroatoms. The smallest absolute Gasteiger partial charge is 0.293 e. The van der Waals surface area contributed by atoms with E-state index < -0.39 is 10.0 Å². The van der Waals surface area contributed by atoms with E-state index in [1.54, 1.807) is 38.1 Å². The highest BCUT2D eigenvalue weighted by Crippen LogP contribution is 2.28. The van der Waals surface area contributed by atoms with Gasteiger partial charge in [-0.15, -0.1) is 10.2 Å². The summed E-state index contributed by atoms with van der Waals surface area (Å²) < 4.78 is 31.7. The highest BCUT2D eigenvalue weighted by atomic mass is 32.2. The summed E-state index contributed by atoms with van der Waals surface area (Å²) in [4.78, 5) is 11.4. The molecule has 24 heavy (non-hydrogen) atoms. The number of amides is 1. The van der Waals surface area contributed by atoms with E-state index in [0.717, 1.165) is 11.3 Å². The van der Waals surface area contributed by atoms with Crippen molar-refractivity contribution >= 4 is 38.1 Å². The highest BCUT2D eigenvalue weighted by Gasteiger charge is 2.28. The molecular formula is C14H18N4O4S2. The summed E-state index contributed by atoms with van der Waals surface area (Å²) in [5.74, 6) is 0.380. The fourth-order valence-electron chi connectivity index (χ4n) is 1.91. The van der Waals surface area contributed by atoms with Gasteiger partial charge in [-0.2, -0.15) is 8.42 Å². The quantitative estimate of drug-likeness (QED) is 0.749. The number of aromatic nitrogens is 2. The fourth-order valence-corrected chi connectivity index (χ4v) is 4.40. The van der Waals surface area contributed by atoms with Crippen molar-refractivity contribution in [3.05, 3.63) is 24.3 Å². The minimum Gasteiger partial charge on any atom is -0.497 e. The lowest BCUT2D eigenvalue weighted by atomic mass is 10.3. The molecule has 1 N–H and O–H groups in total. The number of carbonyl (C=O) groups is 1. The Labute approximate surface area is 144 Å². The van der Waals surface area contributed by atoms with E-state index >= 15 is 0 Å². The van der Waals surface area contributed by atoms with Crippen LogP contribution in [0.2, 0.25) is 0 Å². The predicted octanol–water partition coefficient (Wildman–Crippen LogP) is 2.11. The van der Waals surface area contributed by atoms with Crippen molar-refractivity contribution in [2.75, 3.05) is 23.3 Å². The number of sulfonamides is 1. The van der Waals surface area contributed by atoms with E-state index in [9.17, 15) is 13.2 Å². The molecule has 1 amide bonds. The van der Waals surface area contributed by atoms with Crippen molar-refractivity contribution in [3.8, 4) is 5.75 Å². The van der Waals surface area contributed by atoms with Gasteiger partial charge in [0.2, 0.25) is 11.0 Å². The van der Waals surface area contributed by atoms with Crippen molar-refractivity contribution in [2.24, 2.45) is 0 Å². The molecule has 2 aromatic rings. The molecule has 0 unspecified atom stereocenters. The maximum atomic E-state index is 12.8. The van der Waals surface area contributed by atoms with Gasteiger partial charge in [-0.25, -0.2) is 0 Å². The second-order valence-corrected chi connectivity index (χ2v) is 7.66. The topological polar surface area (TPSA) is 101 Å². The monoisotopic (exact) mass is 370 g/mol. The Morgan fingerprint density at radius 3 is 2.46 bits per heavy atom. The first-order chi connectivity index (χ1) is 11.4. The molecular weight excluding hydrogens is 352 g/mol. The van der Waals surface area contributed by atoms with Gasteiger partial charge in [0.25, 0.3) is 14.4 Å². The van der Waals surface area contributed by atoms with E-state index in [2.05, 4.69) is 15.5 Å². The predicted molar refractivity (Wildman–Crippen MR) is 92.0 cm³/mol. The van der Waals surface area contributed by atoms with Crippen LogP contribution < -0.4 is 14.4 Å². The van der Waals surface area contributed by atoms with Gasteiger partial charge in [-0.1, -0.05) is 18.3 Å². The number of hydrogen-bond acceptors (Lipinski definition) is 7.